The number of imidazole rings is 1. The minimum absolute atomic E-state index is 0.0501. The lowest BCUT2D eigenvalue weighted by atomic mass is 10.2. The van der Waals surface area contributed by atoms with Crippen LogP contribution in [0.4, 0.5) is 0 Å². The second-order valence-electron chi connectivity index (χ2n) is 6.80. The van der Waals surface area contributed by atoms with Crippen LogP contribution in [0.15, 0.2) is 59.5 Å². The van der Waals surface area contributed by atoms with E-state index in [1.165, 1.54) is 6.20 Å². The maximum atomic E-state index is 12.6. The number of hydrogen-bond acceptors (Lipinski definition) is 4. The van der Waals surface area contributed by atoms with Gasteiger partial charge in [0.25, 0.3) is 0 Å². The molecule has 0 aliphatic carbocycles. The molecule has 142 valence electrons. The molecule has 0 saturated heterocycles. The van der Waals surface area contributed by atoms with Crippen LogP contribution in [0, 0.1) is 0 Å². The number of benzene rings is 2. The molecule has 2 aromatic carbocycles. The van der Waals surface area contributed by atoms with Crippen LogP contribution in [0.1, 0.15) is 12.2 Å². The molecule has 0 spiro atoms. The van der Waals surface area contributed by atoms with Gasteiger partial charge in [-0.15, -0.1) is 0 Å². The second-order valence-corrected chi connectivity index (χ2v) is 6.80. The highest BCUT2D eigenvalue weighted by Gasteiger charge is 2.12. The van der Waals surface area contributed by atoms with E-state index in [1.54, 1.807) is 34.8 Å². The Morgan fingerprint density at radius 2 is 1.93 bits per heavy atom. The Morgan fingerprint density at radius 1 is 1.14 bits per heavy atom. The van der Waals surface area contributed by atoms with Crippen molar-refractivity contribution in [2.45, 2.75) is 19.4 Å². The Labute approximate surface area is 161 Å². The molecule has 2 heterocycles. The van der Waals surface area contributed by atoms with Crippen LogP contribution in [-0.4, -0.2) is 44.1 Å². The molecule has 1 N–H and O–H groups in total. The molecule has 4 aromatic rings. The predicted octanol–water partition coefficient (Wildman–Crippen LogP) is 2.36. The number of nitrogens with one attached hydrogen (secondary N) is 1. The van der Waals surface area contributed by atoms with Crippen LogP contribution in [0.2, 0.25) is 0 Å². The molecule has 0 unspecified atom stereocenters. The summed E-state index contributed by atoms with van der Waals surface area (Å²) in [7, 11) is 1.78. The van der Waals surface area contributed by atoms with E-state index < -0.39 is 0 Å². The summed E-state index contributed by atoms with van der Waals surface area (Å²) in [5.41, 5.74) is 2.51. The van der Waals surface area contributed by atoms with E-state index in [9.17, 15) is 9.59 Å². The highest BCUT2D eigenvalue weighted by Crippen LogP contribution is 2.12. The molecule has 0 aliphatic heterocycles. The van der Waals surface area contributed by atoms with Crippen molar-refractivity contribution < 1.29 is 4.79 Å². The van der Waals surface area contributed by atoms with E-state index in [0.29, 0.717) is 17.4 Å². The molecule has 2 aromatic heterocycles. The average Bonchev–Trinajstić information content (AvgIpc) is 3.13. The molecule has 7 heteroatoms. The Kier molecular flexibility index (Phi) is 4.89. The van der Waals surface area contributed by atoms with Crippen LogP contribution < -0.4 is 5.43 Å². The molecule has 28 heavy (non-hydrogen) atoms. The van der Waals surface area contributed by atoms with Gasteiger partial charge in [0.1, 0.15) is 12.4 Å². The Balaban J connectivity index is 1.37. The Hall–Kier alpha value is -3.48. The summed E-state index contributed by atoms with van der Waals surface area (Å²) in [5, 5.41) is 4.69. The Bertz CT molecular complexity index is 1160. The molecule has 1 amide bonds. The fourth-order valence-corrected chi connectivity index (χ4v) is 3.27. The van der Waals surface area contributed by atoms with Crippen LogP contribution in [0.3, 0.4) is 0 Å². The summed E-state index contributed by atoms with van der Waals surface area (Å²) >= 11 is 0. The van der Waals surface area contributed by atoms with E-state index in [2.05, 4.69) is 15.1 Å². The number of H-pyrrole nitrogens is 1. The lowest BCUT2D eigenvalue weighted by molar-refractivity contribution is -0.130. The largest absolute Gasteiger partial charge is 0.344 e. The highest BCUT2D eigenvalue weighted by molar-refractivity contribution is 5.81. The molecular weight excluding hydrogens is 354 g/mol. The summed E-state index contributed by atoms with van der Waals surface area (Å²) in [6.45, 7) is 0.718. The Morgan fingerprint density at radius 3 is 2.79 bits per heavy atom. The van der Waals surface area contributed by atoms with Crippen molar-refractivity contribution in [1.82, 2.24) is 24.6 Å². The van der Waals surface area contributed by atoms with Gasteiger partial charge in [0.2, 0.25) is 11.3 Å². The van der Waals surface area contributed by atoms with E-state index in [1.807, 2.05) is 30.3 Å². The molecule has 0 bridgehead atoms. The van der Waals surface area contributed by atoms with Gasteiger partial charge in [-0.05, 0) is 30.7 Å². The van der Waals surface area contributed by atoms with Gasteiger partial charge in [-0.1, -0.05) is 24.3 Å². The van der Waals surface area contributed by atoms with Crippen molar-refractivity contribution in [1.29, 1.82) is 0 Å². The summed E-state index contributed by atoms with van der Waals surface area (Å²) in [5.74, 6) is 0.876. The quantitative estimate of drug-likeness (QED) is 0.561. The number of nitrogens with zero attached hydrogens (tertiary/aromatic N) is 4. The van der Waals surface area contributed by atoms with Gasteiger partial charge in [-0.25, -0.2) is 4.98 Å². The summed E-state index contributed by atoms with van der Waals surface area (Å²) in [6.07, 6.45) is 2.84. The zero-order valence-electron chi connectivity index (χ0n) is 15.6. The first-order valence-electron chi connectivity index (χ1n) is 9.24. The van der Waals surface area contributed by atoms with Crippen molar-refractivity contribution in [2.75, 3.05) is 13.6 Å². The van der Waals surface area contributed by atoms with Crippen molar-refractivity contribution in [3.8, 4) is 0 Å². The van der Waals surface area contributed by atoms with Gasteiger partial charge in [0.15, 0.2) is 0 Å². The van der Waals surface area contributed by atoms with Crippen molar-refractivity contribution in [2.24, 2.45) is 0 Å². The first-order valence-corrected chi connectivity index (χ1v) is 9.24. The fourth-order valence-electron chi connectivity index (χ4n) is 3.27. The van der Waals surface area contributed by atoms with Gasteiger partial charge in [0.05, 0.1) is 22.7 Å². The zero-order valence-corrected chi connectivity index (χ0v) is 15.6. The number of fused-ring (bicyclic) bond motifs is 2. The van der Waals surface area contributed by atoms with Gasteiger partial charge < -0.3 is 9.88 Å². The number of carbonyl (C=O) groups is 1. The molecule has 0 atom stereocenters. The number of aryl methyl sites for hydroxylation is 1. The van der Waals surface area contributed by atoms with E-state index in [-0.39, 0.29) is 17.9 Å². The molecule has 4 rings (SSSR count). The zero-order chi connectivity index (χ0) is 19.5. The second kappa shape index (κ2) is 7.64. The topological polar surface area (TPSA) is 83.9 Å². The highest BCUT2D eigenvalue weighted by atomic mass is 16.2. The normalized spacial score (nSPS) is 11.2. The van der Waals surface area contributed by atoms with Crippen LogP contribution in [0.25, 0.3) is 21.9 Å². The van der Waals surface area contributed by atoms with Crippen molar-refractivity contribution >= 4 is 27.8 Å². The minimum Gasteiger partial charge on any atom is -0.344 e. The van der Waals surface area contributed by atoms with Gasteiger partial charge in [-0.3, -0.25) is 14.3 Å². The van der Waals surface area contributed by atoms with Gasteiger partial charge >= 0.3 is 0 Å². The maximum Gasteiger partial charge on any atom is 0.244 e. The number of hydrogen-bond donors (Lipinski definition) is 1. The molecule has 7 nitrogen and oxygen atoms in total. The minimum atomic E-state index is -0.140. The molecule has 0 fully saturated rings. The third-order valence-corrected chi connectivity index (χ3v) is 4.82. The summed E-state index contributed by atoms with van der Waals surface area (Å²) < 4.78 is 1.58. The average molecular weight is 375 g/mol. The van der Waals surface area contributed by atoms with Crippen molar-refractivity contribution in [3.05, 3.63) is 70.8 Å². The fraction of sp³-hybridized carbons (Fsp3) is 0.238. The lowest BCUT2D eigenvalue weighted by Gasteiger charge is -2.18. The third kappa shape index (κ3) is 3.64. The standard InChI is InChI=1S/C21H21N5O2/c1-25(12-6-11-20-23-16-8-3-4-9-17(16)24-20)21(28)14-26-18-10-5-2-7-15(18)19(27)13-22-26/h2-5,7-10,13H,6,11-12,14H2,1H3,(H,23,24). The molecule has 0 aliphatic rings. The summed E-state index contributed by atoms with van der Waals surface area (Å²) in [6, 6.07) is 15.1. The smallest absolute Gasteiger partial charge is 0.244 e. The van der Waals surface area contributed by atoms with Gasteiger partial charge in [0, 0.05) is 25.4 Å². The SMILES string of the molecule is CN(CCCc1nc2ccccc2[nH]1)C(=O)Cn1ncc(=O)c2ccccc21. The lowest BCUT2D eigenvalue weighted by Crippen LogP contribution is -2.32. The number of carbonyl (C=O) groups excluding carboxylic acids is 1. The first kappa shape index (κ1) is 17.9. The number of rotatable bonds is 6. The van der Waals surface area contributed by atoms with Crippen LogP contribution >= 0.6 is 0 Å². The monoisotopic (exact) mass is 375 g/mol. The number of likely N-dealkylation sites (N-methyl/N-ethyl adjacent to an activating group) is 1. The third-order valence-electron chi connectivity index (χ3n) is 4.82. The van der Waals surface area contributed by atoms with Crippen LogP contribution in [0.5, 0.6) is 0 Å². The molecule has 0 radical (unpaired) electrons. The molecular formula is C21H21N5O2. The van der Waals surface area contributed by atoms with Crippen molar-refractivity contribution in [3.63, 3.8) is 0 Å². The predicted molar refractivity (Wildman–Crippen MR) is 108 cm³/mol. The summed E-state index contributed by atoms with van der Waals surface area (Å²) in [4.78, 5) is 34.1. The molecule has 0 saturated carbocycles. The van der Waals surface area contributed by atoms with Crippen LogP contribution in [-0.2, 0) is 17.8 Å². The number of para-hydroxylation sites is 3. The van der Waals surface area contributed by atoms with Gasteiger partial charge in [-0.2, -0.15) is 5.10 Å². The first-order chi connectivity index (χ1) is 13.6. The van der Waals surface area contributed by atoms with E-state index in [4.69, 9.17) is 0 Å². The van der Waals surface area contributed by atoms with E-state index >= 15 is 0 Å². The number of aromatic nitrogens is 4. The maximum absolute atomic E-state index is 12.6. The van der Waals surface area contributed by atoms with E-state index in [0.717, 1.165) is 29.7 Å². The number of aromatic amines is 1. The number of amides is 1.